The molecule has 1 saturated carbocycles. The second-order valence-corrected chi connectivity index (χ2v) is 9.40. The molecule has 0 bridgehead atoms. The number of alkyl halides is 7. The summed E-state index contributed by atoms with van der Waals surface area (Å²) in [6.45, 7) is 3.24. The summed E-state index contributed by atoms with van der Waals surface area (Å²) < 4.78 is 88.8. The molecule has 0 aliphatic heterocycles. The third kappa shape index (κ3) is 9.22. The first-order valence-corrected chi connectivity index (χ1v) is 11.7. The molecular formula is C24H29ClF6O4. The summed E-state index contributed by atoms with van der Waals surface area (Å²) in [7, 11) is 0. The molecule has 1 fully saturated rings. The SMILES string of the molecule is CC(C)OC(=O)CCCC=CC[C@@H]1[C@@H](COc2cc(C(F)(F)F)cc(C(F)(F)F)c2)[C@H](O)C[C@H]1Cl. The summed E-state index contributed by atoms with van der Waals surface area (Å²) >= 11 is 6.34. The van der Waals surface area contributed by atoms with E-state index in [2.05, 4.69) is 0 Å². The van der Waals surface area contributed by atoms with Gasteiger partial charge in [0, 0.05) is 17.7 Å². The van der Waals surface area contributed by atoms with Crippen LogP contribution in [-0.2, 0) is 21.9 Å². The largest absolute Gasteiger partial charge is 0.493 e. The first-order valence-electron chi connectivity index (χ1n) is 11.3. The first kappa shape index (κ1) is 29.3. The molecule has 35 heavy (non-hydrogen) atoms. The van der Waals surface area contributed by atoms with E-state index in [9.17, 15) is 36.2 Å². The van der Waals surface area contributed by atoms with Crippen LogP contribution in [0.5, 0.6) is 5.75 Å². The summed E-state index contributed by atoms with van der Waals surface area (Å²) in [5, 5.41) is 9.92. The molecule has 0 heterocycles. The molecule has 11 heteroatoms. The van der Waals surface area contributed by atoms with Crippen molar-refractivity contribution in [3.05, 3.63) is 41.5 Å². The van der Waals surface area contributed by atoms with Crippen molar-refractivity contribution < 1.29 is 45.7 Å². The van der Waals surface area contributed by atoms with Gasteiger partial charge in [-0.2, -0.15) is 26.3 Å². The lowest BCUT2D eigenvalue weighted by molar-refractivity contribution is -0.147. The molecule has 0 aromatic heterocycles. The Bertz CT molecular complexity index is 836. The number of hydrogen-bond acceptors (Lipinski definition) is 4. The van der Waals surface area contributed by atoms with Gasteiger partial charge >= 0.3 is 18.3 Å². The minimum atomic E-state index is -4.98. The van der Waals surface area contributed by atoms with Gasteiger partial charge in [0.2, 0.25) is 0 Å². The Morgan fingerprint density at radius 3 is 2.23 bits per heavy atom. The molecule has 0 amide bonds. The average Bonchev–Trinajstić information content (AvgIpc) is 2.99. The van der Waals surface area contributed by atoms with Gasteiger partial charge in [-0.25, -0.2) is 0 Å². The number of carbonyl (C=O) groups excluding carboxylic acids is 1. The number of aliphatic hydroxyl groups is 1. The number of rotatable bonds is 10. The summed E-state index contributed by atoms with van der Waals surface area (Å²) in [6.07, 6.45) is -5.21. The van der Waals surface area contributed by atoms with Crippen molar-refractivity contribution in [3.8, 4) is 5.75 Å². The quantitative estimate of drug-likeness (QED) is 0.119. The fraction of sp³-hybridized carbons (Fsp3) is 0.625. The minimum absolute atomic E-state index is 0.0300. The van der Waals surface area contributed by atoms with Crippen LogP contribution in [0.3, 0.4) is 0 Å². The molecule has 0 saturated heterocycles. The number of allylic oxidation sites excluding steroid dienone is 2. The third-order valence-corrected chi connectivity index (χ3v) is 6.17. The second-order valence-electron chi connectivity index (χ2n) is 8.84. The van der Waals surface area contributed by atoms with Crippen LogP contribution in [0.1, 0.15) is 57.1 Å². The van der Waals surface area contributed by atoms with Crippen molar-refractivity contribution in [1.29, 1.82) is 0 Å². The van der Waals surface area contributed by atoms with Crippen molar-refractivity contribution in [2.45, 2.75) is 75.9 Å². The number of halogens is 7. The van der Waals surface area contributed by atoms with Crippen LogP contribution < -0.4 is 4.74 Å². The average molecular weight is 531 g/mol. The highest BCUT2D eigenvalue weighted by atomic mass is 35.5. The molecule has 4 nitrogen and oxygen atoms in total. The molecule has 4 atom stereocenters. The fourth-order valence-corrected chi connectivity index (χ4v) is 4.42. The number of ether oxygens (including phenoxy) is 2. The Balaban J connectivity index is 1.99. The Morgan fingerprint density at radius 2 is 1.69 bits per heavy atom. The van der Waals surface area contributed by atoms with Gasteiger partial charge < -0.3 is 14.6 Å². The lowest BCUT2D eigenvalue weighted by atomic mass is 9.92. The predicted molar refractivity (Wildman–Crippen MR) is 118 cm³/mol. The van der Waals surface area contributed by atoms with Gasteiger partial charge in [-0.1, -0.05) is 12.2 Å². The van der Waals surface area contributed by atoms with E-state index >= 15 is 0 Å². The maximum atomic E-state index is 13.1. The topological polar surface area (TPSA) is 55.8 Å². The molecule has 198 valence electrons. The van der Waals surface area contributed by atoms with Gasteiger partial charge in [0.05, 0.1) is 29.9 Å². The molecule has 1 aromatic rings. The highest BCUT2D eigenvalue weighted by Crippen LogP contribution is 2.41. The summed E-state index contributed by atoms with van der Waals surface area (Å²) in [5.41, 5.74) is -2.94. The minimum Gasteiger partial charge on any atom is -0.493 e. The van der Waals surface area contributed by atoms with Crippen LogP contribution in [0, 0.1) is 11.8 Å². The van der Waals surface area contributed by atoms with E-state index < -0.39 is 46.6 Å². The van der Waals surface area contributed by atoms with E-state index in [-0.39, 0.29) is 43.5 Å². The molecule has 1 N–H and O–H groups in total. The van der Waals surface area contributed by atoms with Gasteiger partial charge in [-0.15, -0.1) is 11.6 Å². The zero-order valence-electron chi connectivity index (χ0n) is 19.3. The highest BCUT2D eigenvalue weighted by molar-refractivity contribution is 6.21. The molecule has 0 radical (unpaired) electrons. The van der Waals surface area contributed by atoms with Crippen LogP contribution in [0.4, 0.5) is 26.3 Å². The van der Waals surface area contributed by atoms with Gasteiger partial charge in [0.15, 0.2) is 0 Å². The molecule has 0 unspecified atom stereocenters. The second kappa shape index (κ2) is 12.3. The standard InChI is InChI=1S/C24H29ClF6O4/c1-14(2)35-22(33)8-6-4-3-5-7-18-19(21(32)12-20(18)25)13-34-17-10-15(23(26,27)28)9-16(11-17)24(29,30)31/h3,5,9-11,14,18-21,32H,4,6-8,12-13H2,1-2H3/t18-,19-,20-,21-/m1/s1. The van der Waals surface area contributed by atoms with E-state index in [1.165, 1.54) is 0 Å². The van der Waals surface area contributed by atoms with Gasteiger partial charge in [-0.3, -0.25) is 4.79 Å². The summed E-state index contributed by atoms with van der Waals surface area (Å²) in [4.78, 5) is 11.5. The van der Waals surface area contributed by atoms with Gasteiger partial charge in [-0.05, 0) is 63.6 Å². The molecule has 2 rings (SSSR count). The van der Waals surface area contributed by atoms with E-state index in [1.54, 1.807) is 13.8 Å². The summed E-state index contributed by atoms with van der Waals surface area (Å²) in [6, 6.07) is 1.05. The van der Waals surface area contributed by atoms with Gasteiger partial charge in [0.1, 0.15) is 5.75 Å². The maximum Gasteiger partial charge on any atom is 0.416 e. The zero-order chi connectivity index (χ0) is 26.4. The number of unbranched alkanes of at least 4 members (excludes halogenated alkanes) is 1. The molecule has 1 aromatic carbocycles. The number of esters is 1. The van der Waals surface area contributed by atoms with E-state index in [1.807, 2.05) is 12.2 Å². The smallest absolute Gasteiger partial charge is 0.416 e. The van der Waals surface area contributed by atoms with Crippen LogP contribution >= 0.6 is 11.6 Å². The van der Waals surface area contributed by atoms with E-state index in [0.717, 1.165) is 0 Å². The van der Waals surface area contributed by atoms with Gasteiger partial charge in [0.25, 0.3) is 0 Å². The fourth-order valence-electron chi connectivity index (χ4n) is 3.95. The van der Waals surface area contributed by atoms with E-state index in [0.29, 0.717) is 31.4 Å². The highest BCUT2D eigenvalue weighted by Gasteiger charge is 2.42. The Hall–Kier alpha value is -1.94. The molecular weight excluding hydrogens is 502 g/mol. The Labute approximate surface area is 205 Å². The maximum absolute atomic E-state index is 13.1. The Morgan fingerprint density at radius 1 is 1.09 bits per heavy atom. The van der Waals surface area contributed by atoms with Crippen molar-refractivity contribution in [1.82, 2.24) is 0 Å². The predicted octanol–water partition coefficient (Wildman–Crippen LogP) is 6.78. The number of aliphatic hydroxyl groups excluding tert-OH is 1. The van der Waals surface area contributed by atoms with Crippen LogP contribution in [-0.4, -0.2) is 35.3 Å². The summed E-state index contributed by atoms with van der Waals surface area (Å²) in [5.74, 6) is -1.73. The monoisotopic (exact) mass is 530 g/mol. The van der Waals surface area contributed by atoms with Crippen LogP contribution in [0.2, 0.25) is 0 Å². The zero-order valence-corrected chi connectivity index (χ0v) is 20.1. The normalized spacial score (nSPS) is 23.3. The third-order valence-electron chi connectivity index (χ3n) is 5.67. The Kier molecular flexibility index (Phi) is 10.3. The van der Waals surface area contributed by atoms with Crippen molar-refractivity contribution >= 4 is 17.6 Å². The first-order chi connectivity index (χ1) is 16.2. The lowest BCUT2D eigenvalue weighted by Gasteiger charge is -2.23. The molecule has 1 aliphatic carbocycles. The lowest BCUT2D eigenvalue weighted by Crippen LogP contribution is -2.27. The molecule has 0 spiro atoms. The van der Waals surface area contributed by atoms with Crippen LogP contribution in [0.25, 0.3) is 0 Å². The number of carbonyl (C=O) groups is 1. The van der Waals surface area contributed by atoms with Crippen molar-refractivity contribution in [2.24, 2.45) is 11.8 Å². The van der Waals surface area contributed by atoms with Crippen LogP contribution in [0.15, 0.2) is 30.4 Å². The number of hydrogen-bond donors (Lipinski definition) is 1. The van der Waals surface area contributed by atoms with E-state index in [4.69, 9.17) is 21.1 Å². The number of benzene rings is 1. The molecule has 1 aliphatic rings. The van der Waals surface area contributed by atoms with Crippen molar-refractivity contribution in [2.75, 3.05) is 6.61 Å². The van der Waals surface area contributed by atoms with Crippen molar-refractivity contribution in [3.63, 3.8) is 0 Å².